The van der Waals surface area contributed by atoms with Crippen LogP contribution in [0.25, 0.3) is 0 Å². The summed E-state index contributed by atoms with van der Waals surface area (Å²) >= 11 is 0. The summed E-state index contributed by atoms with van der Waals surface area (Å²) in [5.74, 6) is 1.49. The van der Waals surface area contributed by atoms with Crippen molar-refractivity contribution in [2.24, 2.45) is 50.7 Å². The van der Waals surface area contributed by atoms with Crippen LogP contribution in [-0.4, -0.2) is 26.5 Å². The molecule has 0 aromatic heterocycles. The monoisotopic (exact) mass is 591 g/mol. The van der Waals surface area contributed by atoms with Crippen LogP contribution in [0.2, 0.25) is 18.1 Å². The molecule has 5 aliphatic rings. The first-order valence-corrected chi connectivity index (χ1v) is 19.7. The molecule has 5 heteroatoms. The predicted molar refractivity (Wildman–Crippen MR) is 172 cm³/mol. The zero-order valence-corrected chi connectivity index (χ0v) is 29.5. The van der Waals surface area contributed by atoms with E-state index >= 15 is 0 Å². The van der Waals surface area contributed by atoms with Gasteiger partial charge in [0, 0.05) is 23.4 Å². The molecule has 42 heavy (non-hydrogen) atoms. The molecule has 0 bridgehead atoms. The van der Waals surface area contributed by atoms with E-state index in [9.17, 15) is 14.9 Å². The normalized spacial score (nSPS) is 43.2. The van der Waals surface area contributed by atoms with Crippen LogP contribution in [0, 0.1) is 62.1 Å². The summed E-state index contributed by atoms with van der Waals surface area (Å²) < 4.78 is 6.60. The number of allylic oxidation sites excluding steroid dienone is 4. The van der Waals surface area contributed by atoms with Gasteiger partial charge in [-0.3, -0.25) is 9.59 Å². The highest BCUT2D eigenvalue weighted by molar-refractivity contribution is 6.74. The lowest BCUT2D eigenvalue weighted by Gasteiger charge is -2.67. The molecule has 5 aliphatic carbocycles. The average Bonchev–Trinajstić information content (AvgIpc) is 2.86. The Morgan fingerprint density at radius 3 is 2.26 bits per heavy atom. The molecule has 3 saturated carbocycles. The molecule has 8 atom stereocenters. The van der Waals surface area contributed by atoms with Crippen LogP contribution < -0.4 is 0 Å². The molecule has 0 heterocycles. The van der Waals surface area contributed by atoms with E-state index in [1.807, 2.05) is 12.2 Å². The van der Waals surface area contributed by atoms with Gasteiger partial charge in [-0.15, -0.1) is 0 Å². The van der Waals surface area contributed by atoms with Crippen LogP contribution >= 0.6 is 0 Å². The van der Waals surface area contributed by atoms with Crippen LogP contribution in [0.5, 0.6) is 0 Å². The third kappa shape index (κ3) is 4.43. The molecule has 0 unspecified atom stereocenters. The van der Waals surface area contributed by atoms with E-state index in [4.69, 9.17) is 4.43 Å². The largest absolute Gasteiger partial charge is 0.417 e. The molecule has 0 N–H and O–H groups in total. The van der Waals surface area contributed by atoms with Crippen LogP contribution in [0.3, 0.4) is 0 Å². The number of Topliss-reactive ketones (excluding diaryl/α,β-unsaturated/α-hetero) is 1. The van der Waals surface area contributed by atoms with Gasteiger partial charge in [-0.25, -0.2) is 0 Å². The minimum absolute atomic E-state index is 0.0355. The van der Waals surface area contributed by atoms with Crippen LogP contribution in [0.15, 0.2) is 23.3 Å². The number of ketones is 2. The summed E-state index contributed by atoms with van der Waals surface area (Å²) in [5.41, 5.74) is 0.289. The summed E-state index contributed by atoms with van der Waals surface area (Å²) in [7, 11) is -1.98. The molecule has 3 fully saturated rings. The standard InChI is InChI=1S/C37H57NO3Si/c1-32(2,3)42(10,11)41-19-18-34(6)28-14-17-36(8)29(35(28,7)21-25(23-38)31(34)40)20-27(39)30-26-22-33(4,5)15-12-24(26)13-16-37(30,36)9/h20-21,24,26,28,30H,12-19,22H2,1-11H3/t24-,26-,28-,30-,34-,35-,36+,37+/m0/s1. The third-order valence-corrected chi connectivity index (χ3v) is 18.9. The molecule has 0 amide bonds. The smallest absolute Gasteiger partial charge is 0.191 e. The number of nitrogens with zero attached hydrogens (tertiary/aromatic N) is 1. The van der Waals surface area contributed by atoms with Crippen molar-refractivity contribution in [1.82, 2.24) is 0 Å². The number of fused-ring (bicyclic) bond motifs is 7. The van der Waals surface area contributed by atoms with Crippen molar-refractivity contribution in [2.75, 3.05) is 6.61 Å². The SMILES string of the molecule is CC1(C)CC[C@H]2CC[C@]3(C)[C@H](C(=O)C=C4[C@@]5(C)C=C(C#N)C(=O)[C@@](C)(CCO[Si](C)(C)C(C)(C)C)[C@@H]5CC[C@]43C)[C@H]2C1. The average molecular weight is 592 g/mol. The van der Waals surface area contributed by atoms with Gasteiger partial charge in [-0.2, -0.15) is 5.26 Å². The van der Waals surface area contributed by atoms with Crippen LogP contribution in [0.4, 0.5) is 0 Å². The number of hydrogen-bond acceptors (Lipinski definition) is 4. The number of rotatable bonds is 4. The molecular formula is C37H57NO3Si. The minimum Gasteiger partial charge on any atom is -0.417 e. The fourth-order valence-electron chi connectivity index (χ4n) is 10.6. The summed E-state index contributed by atoms with van der Waals surface area (Å²) in [6.45, 7) is 25.7. The maximum Gasteiger partial charge on any atom is 0.191 e. The topological polar surface area (TPSA) is 67.2 Å². The maximum atomic E-state index is 14.4. The zero-order chi connectivity index (χ0) is 31.3. The Morgan fingerprint density at radius 2 is 1.64 bits per heavy atom. The summed E-state index contributed by atoms with van der Waals surface area (Å²) in [5, 5.41) is 10.3. The second kappa shape index (κ2) is 9.74. The molecule has 0 saturated heterocycles. The molecular weight excluding hydrogens is 534 g/mol. The zero-order valence-electron chi connectivity index (χ0n) is 28.5. The Balaban J connectivity index is 1.56. The lowest BCUT2D eigenvalue weighted by molar-refractivity contribution is -0.156. The van der Waals surface area contributed by atoms with Gasteiger partial charge in [0.1, 0.15) is 6.07 Å². The highest BCUT2D eigenvalue weighted by atomic mass is 28.4. The molecule has 0 radical (unpaired) electrons. The van der Waals surface area contributed by atoms with Crippen molar-refractivity contribution in [3.05, 3.63) is 23.3 Å². The van der Waals surface area contributed by atoms with Gasteiger partial charge in [-0.05, 0) is 110 Å². The Bertz CT molecular complexity index is 1280. The van der Waals surface area contributed by atoms with Gasteiger partial charge in [0.05, 0.1) is 5.57 Å². The molecule has 0 aliphatic heterocycles. The number of carbonyl (C=O) groups excluding carboxylic acids is 2. The highest BCUT2D eigenvalue weighted by Crippen LogP contribution is 2.73. The Morgan fingerprint density at radius 1 is 1.00 bits per heavy atom. The Kier molecular flexibility index (Phi) is 7.40. The van der Waals surface area contributed by atoms with E-state index in [-0.39, 0.29) is 44.5 Å². The number of nitriles is 1. The van der Waals surface area contributed by atoms with Gasteiger partial charge in [-0.1, -0.05) is 74.0 Å². The molecule has 0 spiro atoms. The van der Waals surface area contributed by atoms with Crippen LogP contribution in [0.1, 0.15) is 114 Å². The van der Waals surface area contributed by atoms with E-state index in [0.717, 1.165) is 25.7 Å². The van der Waals surface area contributed by atoms with Crippen LogP contribution in [-0.2, 0) is 14.0 Å². The Hall–Kier alpha value is -1.51. The molecule has 4 nitrogen and oxygen atoms in total. The molecule has 232 valence electrons. The van der Waals surface area contributed by atoms with E-state index in [1.54, 1.807) is 0 Å². The van der Waals surface area contributed by atoms with Gasteiger partial charge in [0.15, 0.2) is 19.9 Å². The number of hydrogen-bond donors (Lipinski definition) is 0. The number of carbonyl (C=O) groups is 2. The van der Waals surface area contributed by atoms with Gasteiger partial charge in [0.25, 0.3) is 0 Å². The predicted octanol–water partition coefficient (Wildman–Crippen LogP) is 9.23. The van der Waals surface area contributed by atoms with E-state index in [1.165, 1.54) is 24.8 Å². The first kappa shape index (κ1) is 31.9. The quantitative estimate of drug-likeness (QED) is 0.306. The van der Waals surface area contributed by atoms with Gasteiger partial charge < -0.3 is 4.43 Å². The van der Waals surface area contributed by atoms with Crippen molar-refractivity contribution >= 4 is 19.9 Å². The van der Waals surface area contributed by atoms with Crippen molar-refractivity contribution in [3.63, 3.8) is 0 Å². The molecule has 5 rings (SSSR count). The van der Waals surface area contributed by atoms with E-state index in [2.05, 4.69) is 81.5 Å². The van der Waals surface area contributed by atoms with Crippen molar-refractivity contribution in [1.29, 1.82) is 5.26 Å². The Labute approximate surface area is 257 Å². The van der Waals surface area contributed by atoms with Gasteiger partial charge in [0.2, 0.25) is 0 Å². The highest BCUT2D eigenvalue weighted by Gasteiger charge is 2.68. The summed E-state index contributed by atoms with van der Waals surface area (Å²) in [4.78, 5) is 28.4. The summed E-state index contributed by atoms with van der Waals surface area (Å²) in [6, 6.07) is 2.30. The fourth-order valence-corrected chi connectivity index (χ4v) is 11.6. The molecule has 0 aromatic carbocycles. The van der Waals surface area contributed by atoms with E-state index < -0.39 is 19.1 Å². The third-order valence-electron chi connectivity index (χ3n) is 14.4. The first-order chi connectivity index (χ1) is 19.2. The van der Waals surface area contributed by atoms with E-state index in [0.29, 0.717) is 30.6 Å². The first-order valence-electron chi connectivity index (χ1n) is 16.8. The van der Waals surface area contributed by atoms with Gasteiger partial charge >= 0.3 is 0 Å². The summed E-state index contributed by atoms with van der Waals surface area (Å²) in [6.07, 6.45) is 12.5. The fraction of sp³-hybridized carbons (Fsp3) is 0.811. The molecule has 0 aromatic rings. The second-order valence-corrected chi connectivity index (χ2v) is 23.0. The maximum absolute atomic E-state index is 14.4. The lowest BCUT2D eigenvalue weighted by Crippen LogP contribution is -2.63. The van der Waals surface area contributed by atoms with Crippen molar-refractivity contribution < 1.29 is 14.0 Å². The van der Waals surface area contributed by atoms with Crippen molar-refractivity contribution in [2.45, 2.75) is 132 Å². The second-order valence-electron chi connectivity index (χ2n) is 18.2. The van der Waals surface area contributed by atoms with Crippen molar-refractivity contribution in [3.8, 4) is 6.07 Å². The minimum atomic E-state index is -1.98. The lowest BCUT2D eigenvalue weighted by atomic mass is 9.35.